The van der Waals surface area contributed by atoms with Crippen molar-refractivity contribution in [3.05, 3.63) is 29.8 Å². The van der Waals surface area contributed by atoms with Gasteiger partial charge in [0.25, 0.3) is 0 Å². The van der Waals surface area contributed by atoms with Crippen molar-refractivity contribution in [1.82, 2.24) is 0 Å². The maximum atomic E-state index is 9.05. The maximum Gasteiger partial charge on any atom is 0.0767 e. The van der Waals surface area contributed by atoms with E-state index in [1.54, 1.807) is 11.8 Å². The zero-order valence-corrected chi connectivity index (χ0v) is 9.55. The Kier molecular flexibility index (Phi) is 2.72. The summed E-state index contributed by atoms with van der Waals surface area (Å²) in [6, 6.07) is 10.4. The van der Waals surface area contributed by atoms with Crippen LogP contribution in [0.5, 0.6) is 0 Å². The summed E-state index contributed by atoms with van der Waals surface area (Å²) in [5.74, 6) is 0. The van der Waals surface area contributed by atoms with E-state index in [4.69, 9.17) is 11.0 Å². The smallest absolute Gasteiger partial charge is 0.0767 e. The van der Waals surface area contributed by atoms with Gasteiger partial charge in [-0.25, -0.2) is 0 Å². The fraction of sp³-hybridized carbons (Fsp3) is 0.417. The van der Waals surface area contributed by atoms with Crippen molar-refractivity contribution < 1.29 is 0 Å². The van der Waals surface area contributed by atoms with E-state index in [2.05, 4.69) is 18.2 Å². The normalized spacial score (nSPS) is 19.3. The highest BCUT2D eigenvalue weighted by molar-refractivity contribution is 7.98. The van der Waals surface area contributed by atoms with E-state index in [-0.39, 0.29) is 11.5 Å². The van der Waals surface area contributed by atoms with Gasteiger partial charge in [0.05, 0.1) is 11.5 Å². The standard InChI is InChI=1S/C12H14N2S/c1-15-10-4-2-9(3-5-10)11(14)12(8-13)6-7-12/h2-5,11H,6-7,14H2,1H3. The van der Waals surface area contributed by atoms with E-state index in [9.17, 15) is 0 Å². The molecule has 0 aromatic heterocycles. The quantitative estimate of drug-likeness (QED) is 0.794. The number of nitrogens with zero attached hydrogens (tertiary/aromatic N) is 1. The first-order valence-electron chi connectivity index (χ1n) is 5.03. The number of thioether (sulfide) groups is 1. The molecule has 78 valence electrons. The summed E-state index contributed by atoms with van der Waals surface area (Å²) >= 11 is 1.71. The molecule has 2 N–H and O–H groups in total. The van der Waals surface area contributed by atoms with Gasteiger partial charge in [-0.2, -0.15) is 5.26 Å². The molecule has 1 fully saturated rings. The number of rotatable bonds is 3. The van der Waals surface area contributed by atoms with Crippen LogP contribution in [0, 0.1) is 16.7 Å². The Labute approximate surface area is 94.5 Å². The van der Waals surface area contributed by atoms with Gasteiger partial charge < -0.3 is 5.73 Å². The molecule has 1 aromatic carbocycles. The van der Waals surface area contributed by atoms with Crippen molar-refractivity contribution >= 4 is 11.8 Å². The summed E-state index contributed by atoms with van der Waals surface area (Å²) in [5, 5.41) is 9.05. The average Bonchev–Trinajstić information content (AvgIpc) is 3.09. The molecule has 1 unspecified atom stereocenters. The van der Waals surface area contributed by atoms with Gasteiger partial charge in [0.1, 0.15) is 0 Å². The largest absolute Gasteiger partial charge is 0.323 e. The fourth-order valence-electron chi connectivity index (χ4n) is 1.76. The second-order valence-electron chi connectivity index (χ2n) is 4.02. The molecule has 0 saturated heterocycles. The molecule has 1 atom stereocenters. The van der Waals surface area contributed by atoms with Gasteiger partial charge in [0, 0.05) is 10.9 Å². The molecule has 1 aliphatic carbocycles. The lowest BCUT2D eigenvalue weighted by Gasteiger charge is -2.16. The third-order valence-corrected chi connectivity index (χ3v) is 3.83. The van der Waals surface area contributed by atoms with Crippen LogP contribution in [0.25, 0.3) is 0 Å². The van der Waals surface area contributed by atoms with Crippen molar-refractivity contribution in [2.75, 3.05) is 6.26 Å². The highest BCUT2D eigenvalue weighted by Gasteiger charge is 2.49. The van der Waals surface area contributed by atoms with Crippen LogP contribution >= 0.6 is 11.8 Å². The minimum atomic E-state index is -0.277. The minimum Gasteiger partial charge on any atom is -0.323 e. The molecule has 1 aliphatic rings. The van der Waals surface area contributed by atoms with Gasteiger partial charge in [-0.3, -0.25) is 0 Å². The van der Waals surface area contributed by atoms with Gasteiger partial charge in [-0.1, -0.05) is 12.1 Å². The predicted octanol–water partition coefficient (Wildman–Crippen LogP) is 2.71. The molecule has 1 aromatic rings. The zero-order chi connectivity index (χ0) is 10.9. The Balaban J connectivity index is 2.20. The summed E-state index contributed by atoms with van der Waals surface area (Å²) in [4.78, 5) is 1.23. The minimum absolute atomic E-state index is 0.126. The van der Waals surface area contributed by atoms with Gasteiger partial charge in [0.2, 0.25) is 0 Å². The molecule has 1 saturated carbocycles. The average molecular weight is 218 g/mol. The van der Waals surface area contributed by atoms with E-state index >= 15 is 0 Å². The molecule has 0 amide bonds. The van der Waals surface area contributed by atoms with E-state index in [1.165, 1.54) is 4.90 Å². The van der Waals surface area contributed by atoms with Crippen molar-refractivity contribution in [2.45, 2.75) is 23.8 Å². The Hall–Kier alpha value is -0.980. The zero-order valence-electron chi connectivity index (χ0n) is 8.73. The van der Waals surface area contributed by atoms with Crippen LogP contribution < -0.4 is 5.73 Å². The Bertz CT molecular complexity index is 387. The number of benzene rings is 1. The van der Waals surface area contributed by atoms with Crippen molar-refractivity contribution in [2.24, 2.45) is 11.1 Å². The third kappa shape index (κ3) is 1.88. The third-order valence-electron chi connectivity index (χ3n) is 3.08. The monoisotopic (exact) mass is 218 g/mol. The van der Waals surface area contributed by atoms with Crippen LogP contribution in [0.1, 0.15) is 24.4 Å². The van der Waals surface area contributed by atoms with E-state index < -0.39 is 0 Å². The molecular weight excluding hydrogens is 204 g/mol. The molecule has 2 rings (SSSR count). The second kappa shape index (κ2) is 3.88. The Morgan fingerprint density at radius 1 is 1.40 bits per heavy atom. The first-order valence-corrected chi connectivity index (χ1v) is 6.25. The summed E-state index contributed by atoms with van der Waals surface area (Å²) in [6.45, 7) is 0. The van der Waals surface area contributed by atoms with Crippen LogP contribution in [0.2, 0.25) is 0 Å². The van der Waals surface area contributed by atoms with Gasteiger partial charge in [-0.05, 0) is 36.8 Å². The Morgan fingerprint density at radius 3 is 2.40 bits per heavy atom. The molecule has 0 bridgehead atoms. The van der Waals surface area contributed by atoms with E-state index in [0.717, 1.165) is 18.4 Å². The SMILES string of the molecule is CSc1ccc(C(N)C2(C#N)CC2)cc1. The van der Waals surface area contributed by atoms with E-state index in [0.29, 0.717) is 0 Å². The molecule has 15 heavy (non-hydrogen) atoms. The molecule has 3 heteroatoms. The highest BCUT2D eigenvalue weighted by Crippen LogP contribution is 2.53. The number of hydrogen-bond acceptors (Lipinski definition) is 3. The van der Waals surface area contributed by atoms with Crippen LogP contribution in [0.4, 0.5) is 0 Å². The van der Waals surface area contributed by atoms with Crippen LogP contribution in [0.15, 0.2) is 29.2 Å². The topological polar surface area (TPSA) is 49.8 Å². The van der Waals surface area contributed by atoms with Crippen molar-refractivity contribution in [3.63, 3.8) is 0 Å². The number of nitriles is 1. The lowest BCUT2D eigenvalue weighted by molar-refractivity contribution is 0.519. The highest BCUT2D eigenvalue weighted by atomic mass is 32.2. The molecular formula is C12H14N2S. The molecule has 0 radical (unpaired) electrons. The van der Waals surface area contributed by atoms with Crippen LogP contribution in [-0.2, 0) is 0 Å². The summed E-state index contributed by atoms with van der Waals surface area (Å²) < 4.78 is 0. The molecule has 0 spiro atoms. The predicted molar refractivity (Wildman–Crippen MR) is 62.4 cm³/mol. The fourth-order valence-corrected chi connectivity index (χ4v) is 2.17. The number of hydrogen-bond donors (Lipinski definition) is 1. The van der Waals surface area contributed by atoms with E-state index in [1.807, 2.05) is 18.4 Å². The second-order valence-corrected chi connectivity index (χ2v) is 4.90. The van der Waals surface area contributed by atoms with Gasteiger partial charge in [0.15, 0.2) is 0 Å². The van der Waals surface area contributed by atoms with Gasteiger partial charge >= 0.3 is 0 Å². The molecule has 0 heterocycles. The van der Waals surface area contributed by atoms with Crippen LogP contribution in [0.3, 0.4) is 0 Å². The summed E-state index contributed by atoms with van der Waals surface area (Å²) in [6.07, 6.45) is 3.93. The molecule has 0 aliphatic heterocycles. The maximum absolute atomic E-state index is 9.05. The lowest BCUT2D eigenvalue weighted by atomic mass is 9.92. The van der Waals surface area contributed by atoms with Crippen molar-refractivity contribution in [1.29, 1.82) is 5.26 Å². The first-order chi connectivity index (χ1) is 7.22. The van der Waals surface area contributed by atoms with Gasteiger partial charge in [-0.15, -0.1) is 11.8 Å². The first kappa shape index (κ1) is 10.5. The molecule has 2 nitrogen and oxygen atoms in total. The van der Waals surface area contributed by atoms with Crippen molar-refractivity contribution in [3.8, 4) is 6.07 Å². The summed E-state index contributed by atoms with van der Waals surface area (Å²) in [5.41, 5.74) is 6.91. The van der Waals surface area contributed by atoms with Crippen LogP contribution in [-0.4, -0.2) is 6.26 Å². The lowest BCUT2D eigenvalue weighted by Crippen LogP contribution is -2.21. The number of nitrogens with two attached hydrogens (primary N) is 1. The summed E-state index contributed by atoms with van der Waals surface area (Å²) in [7, 11) is 0. The Morgan fingerprint density at radius 2 is 2.00 bits per heavy atom.